The van der Waals surface area contributed by atoms with Gasteiger partial charge in [-0.2, -0.15) is 13.2 Å². The van der Waals surface area contributed by atoms with Crippen LogP contribution in [0.1, 0.15) is 49.9 Å². The lowest BCUT2D eigenvalue weighted by Gasteiger charge is -2.34. The molecule has 186 valence electrons. The molecule has 1 fully saturated rings. The zero-order chi connectivity index (χ0) is 25.1. The van der Waals surface area contributed by atoms with Crippen molar-refractivity contribution >= 4 is 11.4 Å². The molecule has 3 aromatic carbocycles. The van der Waals surface area contributed by atoms with Gasteiger partial charge in [0, 0.05) is 43.1 Å². The van der Waals surface area contributed by atoms with Crippen LogP contribution in [0.5, 0.6) is 0 Å². The van der Waals surface area contributed by atoms with Gasteiger partial charge in [0.25, 0.3) is 0 Å². The smallest absolute Gasteiger partial charge is 0.374 e. The van der Waals surface area contributed by atoms with Crippen molar-refractivity contribution in [2.75, 3.05) is 36.4 Å². The van der Waals surface area contributed by atoms with Crippen molar-refractivity contribution < 1.29 is 13.2 Å². The SMILES string of the molecule is CC(C)(C)N1CCCN(c2ccc(C(F)(F)F)c(NC(c3ccccc3)c3ccccc3)c2)CC1. The number of hydrogen-bond donors (Lipinski definition) is 1. The number of anilines is 2. The molecule has 0 bridgehead atoms. The van der Waals surface area contributed by atoms with Crippen molar-refractivity contribution in [2.45, 2.75) is 44.9 Å². The third kappa shape index (κ3) is 6.17. The summed E-state index contributed by atoms with van der Waals surface area (Å²) in [6.07, 6.45) is -3.49. The first-order valence-electron chi connectivity index (χ1n) is 12.2. The van der Waals surface area contributed by atoms with Gasteiger partial charge in [-0.3, -0.25) is 4.90 Å². The van der Waals surface area contributed by atoms with E-state index in [2.05, 4.69) is 35.9 Å². The van der Waals surface area contributed by atoms with Crippen molar-refractivity contribution in [2.24, 2.45) is 0 Å². The van der Waals surface area contributed by atoms with Crippen LogP contribution >= 0.6 is 0 Å². The first-order valence-corrected chi connectivity index (χ1v) is 12.2. The van der Waals surface area contributed by atoms with Crippen LogP contribution in [0.15, 0.2) is 78.9 Å². The number of nitrogens with one attached hydrogen (secondary N) is 1. The Morgan fingerprint density at radius 1 is 0.743 bits per heavy atom. The molecule has 3 nitrogen and oxygen atoms in total. The maximum absolute atomic E-state index is 14.1. The molecular formula is C29H34F3N3. The maximum Gasteiger partial charge on any atom is 0.418 e. The van der Waals surface area contributed by atoms with Crippen molar-refractivity contribution in [3.8, 4) is 0 Å². The molecule has 1 N–H and O–H groups in total. The summed E-state index contributed by atoms with van der Waals surface area (Å²) in [7, 11) is 0. The molecule has 1 aliphatic heterocycles. The van der Waals surface area contributed by atoms with E-state index in [1.165, 1.54) is 6.07 Å². The fourth-order valence-corrected chi connectivity index (χ4v) is 4.75. The van der Waals surface area contributed by atoms with Gasteiger partial charge >= 0.3 is 6.18 Å². The zero-order valence-corrected chi connectivity index (χ0v) is 20.6. The summed E-state index contributed by atoms with van der Waals surface area (Å²) in [5.74, 6) is 0. The van der Waals surface area contributed by atoms with Crippen LogP contribution in [0.25, 0.3) is 0 Å². The number of halogens is 3. The van der Waals surface area contributed by atoms with Crippen LogP contribution < -0.4 is 10.2 Å². The number of rotatable bonds is 5. The molecule has 6 heteroatoms. The standard InChI is InChI=1S/C29H34F3N3/c1-28(2,3)35-18-10-17-34(19-20-35)24-15-16-25(29(30,31)32)26(21-24)33-27(22-11-6-4-7-12-22)23-13-8-5-9-14-23/h4-9,11-16,21,27,33H,10,17-20H2,1-3H3. The first kappa shape index (κ1) is 25.1. The van der Waals surface area contributed by atoms with Crippen molar-refractivity contribution in [1.29, 1.82) is 0 Å². The molecule has 0 aliphatic carbocycles. The summed E-state index contributed by atoms with van der Waals surface area (Å²) < 4.78 is 42.2. The normalized spacial score (nSPS) is 15.8. The molecule has 0 saturated carbocycles. The highest BCUT2D eigenvalue weighted by Gasteiger charge is 2.35. The molecule has 0 amide bonds. The highest BCUT2D eigenvalue weighted by Crippen LogP contribution is 2.39. The largest absolute Gasteiger partial charge is 0.418 e. The summed E-state index contributed by atoms with van der Waals surface area (Å²) in [5.41, 5.74) is 2.16. The van der Waals surface area contributed by atoms with Crippen molar-refractivity contribution in [1.82, 2.24) is 4.90 Å². The van der Waals surface area contributed by atoms with Gasteiger partial charge < -0.3 is 10.2 Å². The molecule has 0 spiro atoms. The zero-order valence-electron chi connectivity index (χ0n) is 20.6. The lowest BCUT2D eigenvalue weighted by atomic mass is 9.97. The van der Waals surface area contributed by atoms with E-state index in [0.717, 1.165) is 49.4 Å². The van der Waals surface area contributed by atoms with Gasteiger partial charge in [0.05, 0.1) is 11.6 Å². The monoisotopic (exact) mass is 481 g/mol. The lowest BCUT2D eigenvalue weighted by Crippen LogP contribution is -2.43. The van der Waals surface area contributed by atoms with Gasteiger partial charge in [-0.1, -0.05) is 60.7 Å². The summed E-state index contributed by atoms with van der Waals surface area (Å²) in [6, 6.07) is 23.3. The highest BCUT2D eigenvalue weighted by atomic mass is 19.4. The van der Waals surface area contributed by atoms with E-state index in [-0.39, 0.29) is 11.2 Å². The molecule has 1 heterocycles. The molecule has 0 unspecified atom stereocenters. The Morgan fingerprint density at radius 3 is 1.89 bits per heavy atom. The van der Waals surface area contributed by atoms with Gasteiger partial charge in [0.2, 0.25) is 0 Å². The first-order chi connectivity index (χ1) is 16.6. The van der Waals surface area contributed by atoms with E-state index in [4.69, 9.17) is 0 Å². The molecule has 1 aliphatic rings. The summed E-state index contributed by atoms with van der Waals surface area (Å²) in [4.78, 5) is 4.65. The van der Waals surface area contributed by atoms with Crippen LogP contribution in [0, 0.1) is 0 Å². The Balaban J connectivity index is 1.69. The van der Waals surface area contributed by atoms with Crippen molar-refractivity contribution in [3.05, 3.63) is 95.6 Å². The quantitative estimate of drug-likeness (QED) is 0.415. The van der Waals surface area contributed by atoms with E-state index in [1.54, 1.807) is 12.1 Å². The fourth-order valence-electron chi connectivity index (χ4n) is 4.75. The summed E-state index contributed by atoms with van der Waals surface area (Å²) in [5, 5.41) is 3.26. The van der Waals surface area contributed by atoms with Crippen LogP contribution in [-0.4, -0.2) is 36.6 Å². The number of nitrogens with zero attached hydrogens (tertiary/aromatic N) is 2. The second-order valence-electron chi connectivity index (χ2n) is 10.1. The number of hydrogen-bond acceptors (Lipinski definition) is 3. The average molecular weight is 482 g/mol. The minimum absolute atomic E-state index is 0.0709. The predicted molar refractivity (Wildman–Crippen MR) is 138 cm³/mol. The van der Waals surface area contributed by atoms with Crippen LogP contribution in [-0.2, 0) is 6.18 Å². The van der Waals surface area contributed by atoms with Gasteiger partial charge in [-0.25, -0.2) is 0 Å². The van der Waals surface area contributed by atoms with Crippen LogP contribution in [0.4, 0.5) is 24.5 Å². The Morgan fingerprint density at radius 2 is 1.34 bits per heavy atom. The third-order valence-electron chi connectivity index (χ3n) is 6.68. The Hall–Kier alpha value is -2.99. The van der Waals surface area contributed by atoms with Gasteiger partial charge in [0.1, 0.15) is 0 Å². The molecular weight excluding hydrogens is 447 g/mol. The van der Waals surface area contributed by atoms with Crippen LogP contribution in [0.2, 0.25) is 0 Å². The van der Waals surface area contributed by atoms with E-state index in [1.807, 2.05) is 60.7 Å². The predicted octanol–water partition coefficient (Wildman–Crippen LogP) is 7.22. The number of alkyl halides is 3. The molecule has 35 heavy (non-hydrogen) atoms. The Kier molecular flexibility index (Phi) is 7.41. The average Bonchev–Trinajstić information content (AvgIpc) is 3.10. The minimum Gasteiger partial charge on any atom is -0.374 e. The topological polar surface area (TPSA) is 18.5 Å². The molecule has 3 aromatic rings. The summed E-state index contributed by atoms with van der Waals surface area (Å²) in [6.45, 7) is 10.1. The lowest BCUT2D eigenvalue weighted by molar-refractivity contribution is -0.137. The van der Waals surface area contributed by atoms with E-state index < -0.39 is 17.8 Å². The Bertz CT molecular complexity index is 1050. The maximum atomic E-state index is 14.1. The molecule has 0 radical (unpaired) electrons. The molecule has 4 rings (SSSR count). The van der Waals surface area contributed by atoms with E-state index in [9.17, 15) is 13.2 Å². The Labute approximate surface area is 206 Å². The molecule has 0 aromatic heterocycles. The van der Waals surface area contributed by atoms with E-state index in [0.29, 0.717) is 0 Å². The highest BCUT2D eigenvalue weighted by molar-refractivity contribution is 5.65. The minimum atomic E-state index is -4.46. The molecule has 1 saturated heterocycles. The van der Waals surface area contributed by atoms with Crippen LogP contribution in [0.3, 0.4) is 0 Å². The van der Waals surface area contributed by atoms with Gasteiger partial charge in [0.15, 0.2) is 0 Å². The molecule has 0 atom stereocenters. The second-order valence-corrected chi connectivity index (χ2v) is 10.1. The van der Waals surface area contributed by atoms with Crippen molar-refractivity contribution in [3.63, 3.8) is 0 Å². The van der Waals surface area contributed by atoms with E-state index >= 15 is 0 Å². The summed E-state index contributed by atoms with van der Waals surface area (Å²) >= 11 is 0. The van der Waals surface area contributed by atoms with Gasteiger partial charge in [-0.15, -0.1) is 0 Å². The van der Waals surface area contributed by atoms with Gasteiger partial charge in [-0.05, 0) is 56.5 Å². The third-order valence-corrected chi connectivity index (χ3v) is 6.68. The number of benzene rings is 3. The second kappa shape index (κ2) is 10.3. The fraction of sp³-hybridized carbons (Fsp3) is 0.379.